The maximum absolute atomic E-state index is 7.74. The van der Waals surface area contributed by atoms with Crippen molar-refractivity contribution in [3.63, 3.8) is 0 Å². The summed E-state index contributed by atoms with van der Waals surface area (Å²) >= 11 is 0. The van der Waals surface area contributed by atoms with Crippen molar-refractivity contribution < 1.29 is 5.48 Å². The summed E-state index contributed by atoms with van der Waals surface area (Å²) in [5, 5.41) is 0. The van der Waals surface area contributed by atoms with Crippen molar-refractivity contribution in [2.45, 2.75) is 78.0 Å². The second-order valence-electron chi connectivity index (χ2n) is 3.22. The first kappa shape index (κ1) is 6.45. The van der Waals surface area contributed by atoms with E-state index < -0.39 is 19.2 Å². The van der Waals surface area contributed by atoms with Gasteiger partial charge in [0.2, 0.25) is 0 Å². The molecule has 0 N–H and O–H groups in total. The predicted molar refractivity (Wildman–Crippen MR) is 57.5 cm³/mol. The van der Waals surface area contributed by atoms with E-state index in [1.165, 1.54) is 25.7 Å². The smallest absolute Gasteiger partial charge is 0.0267 e. The molecule has 3 unspecified atom stereocenters. The Bertz CT molecular complexity index is 152. The van der Waals surface area contributed by atoms with Gasteiger partial charge in [-0.3, -0.25) is 0 Å². The summed E-state index contributed by atoms with van der Waals surface area (Å²) in [6.07, 6.45) is 6.02. The highest BCUT2D eigenvalue weighted by molar-refractivity contribution is 4.45. The normalized spacial score (nSPS) is 23.1. The minimum absolute atomic E-state index is 0.0555. The van der Waals surface area contributed by atoms with Crippen LogP contribution in [0.2, 0.25) is 0 Å². The Morgan fingerprint density at radius 3 is 2.25 bits per heavy atom. The molecule has 0 saturated heterocycles. The Kier molecular flexibility index (Phi) is 5.92. The molecule has 0 bridgehead atoms. The van der Waals surface area contributed by atoms with Crippen LogP contribution in [-0.2, 0) is 0 Å². The second-order valence-corrected chi connectivity index (χ2v) is 3.22. The summed E-state index contributed by atoms with van der Waals surface area (Å²) in [7, 11) is 0. The summed E-state index contributed by atoms with van der Waals surface area (Å²) in [4.78, 5) is 0. The average molecular weight is 174 g/mol. The van der Waals surface area contributed by atoms with E-state index in [2.05, 4.69) is 6.92 Å². The molecule has 0 heteroatoms. The van der Waals surface area contributed by atoms with Gasteiger partial charge in [-0.05, 0) is 0 Å². The third-order valence-corrected chi connectivity index (χ3v) is 2.00. The van der Waals surface area contributed by atoms with E-state index in [4.69, 9.17) is 5.48 Å². The van der Waals surface area contributed by atoms with Crippen molar-refractivity contribution in [3.8, 4) is 0 Å². The van der Waals surface area contributed by atoms with Gasteiger partial charge in [-0.1, -0.05) is 78.0 Å². The summed E-state index contributed by atoms with van der Waals surface area (Å²) in [6.45, 7) is 2.14. The number of hydrogen-bond acceptors (Lipinski definition) is 0. The highest BCUT2D eigenvalue weighted by atomic mass is 14.0. The molecule has 0 aliphatic carbocycles. The zero-order valence-corrected chi connectivity index (χ0v) is 8.39. The topological polar surface area (TPSA) is 0 Å². The van der Waals surface area contributed by atoms with E-state index in [9.17, 15) is 0 Å². The zero-order valence-electron chi connectivity index (χ0n) is 12.4. The lowest BCUT2D eigenvalue weighted by atomic mass is 10.1. The quantitative estimate of drug-likeness (QED) is 0.435. The highest BCUT2D eigenvalue weighted by Gasteiger charge is 1.90. The third-order valence-electron chi connectivity index (χ3n) is 2.00. The van der Waals surface area contributed by atoms with Crippen molar-refractivity contribution in [2.75, 3.05) is 0 Å². The van der Waals surface area contributed by atoms with Gasteiger partial charge in [0.25, 0.3) is 0 Å². The standard InChI is InChI=1S/C12H26/c1-3-5-7-9-11-12-10-8-6-4-2/h3-12H2,1-2H3/i1D,3D,5D,7D. The molecule has 0 nitrogen and oxygen atoms in total. The Morgan fingerprint density at radius 1 is 0.917 bits per heavy atom. The molecule has 0 aromatic carbocycles. The lowest BCUT2D eigenvalue weighted by molar-refractivity contribution is 0.562. The lowest BCUT2D eigenvalue weighted by Crippen LogP contribution is -1.80. The first-order valence-electron chi connectivity index (χ1n) is 7.63. The fourth-order valence-electron chi connectivity index (χ4n) is 1.23. The number of hydrogen-bond donors (Lipinski definition) is 0. The molecule has 0 spiro atoms. The van der Waals surface area contributed by atoms with Gasteiger partial charge in [-0.15, -0.1) is 0 Å². The molecule has 0 rings (SSSR count). The SMILES string of the molecule is [2H]CC([2H])C([2H])C([2H])CCCCCCCC. The van der Waals surface area contributed by atoms with E-state index in [1.807, 2.05) is 0 Å². The van der Waals surface area contributed by atoms with Crippen LogP contribution in [0, 0.1) is 0 Å². The Balaban J connectivity index is 3.45. The predicted octanol–water partition coefficient (Wildman–Crippen LogP) is 4.93. The van der Waals surface area contributed by atoms with Crippen molar-refractivity contribution >= 4 is 0 Å². The van der Waals surface area contributed by atoms with Gasteiger partial charge in [0.15, 0.2) is 0 Å². The molecule has 12 heavy (non-hydrogen) atoms. The molecule has 0 heterocycles. The third kappa shape index (κ3) is 10.0. The van der Waals surface area contributed by atoms with Gasteiger partial charge in [-0.2, -0.15) is 0 Å². The second kappa shape index (κ2) is 11.0. The van der Waals surface area contributed by atoms with Crippen LogP contribution < -0.4 is 0 Å². The number of rotatable bonds is 9. The van der Waals surface area contributed by atoms with E-state index >= 15 is 0 Å². The van der Waals surface area contributed by atoms with Gasteiger partial charge in [0.05, 0.1) is 0 Å². The van der Waals surface area contributed by atoms with Crippen molar-refractivity contribution in [2.24, 2.45) is 0 Å². The minimum Gasteiger partial charge on any atom is -0.0654 e. The molecule has 0 aromatic heterocycles. The molecular formula is C12H26. The van der Waals surface area contributed by atoms with Gasteiger partial charge in [0.1, 0.15) is 0 Å². The fourth-order valence-corrected chi connectivity index (χ4v) is 1.23. The zero-order chi connectivity index (χ0) is 12.4. The van der Waals surface area contributed by atoms with Gasteiger partial charge in [-0.25, -0.2) is 0 Å². The van der Waals surface area contributed by atoms with Gasteiger partial charge in [0, 0.05) is 5.48 Å². The Morgan fingerprint density at radius 2 is 1.58 bits per heavy atom. The van der Waals surface area contributed by atoms with Crippen LogP contribution in [0.1, 0.15) is 83.4 Å². The number of unbranched alkanes of at least 4 members (excludes halogenated alkanes) is 5. The highest BCUT2D eigenvalue weighted by Crippen LogP contribution is 2.09. The molecule has 74 valence electrons. The minimum atomic E-state index is -0.706. The van der Waals surface area contributed by atoms with Crippen LogP contribution in [0.15, 0.2) is 0 Å². The largest absolute Gasteiger partial charge is 0.0654 e. The van der Waals surface area contributed by atoms with E-state index in [0.29, 0.717) is 0 Å². The van der Waals surface area contributed by atoms with Crippen molar-refractivity contribution in [3.05, 3.63) is 0 Å². The van der Waals surface area contributed by atoms with E-state index in [0.717, 1.165) is 19.3 Å². The van der Waals surface area contributed by atoms with Gasteiger partial charge < -0.3 is 0 Å². The first-order valence-corrected chi connectivity index (χ1v) is 5.19. The van der Waals surface area contributed by atoms with Crippen LogP contribution in [0.4, 0.5) is 0 Å². The van der Waals surface area contributed by atoms with Crippen LogP contribution in [0.5, 0.6) is 0 Å². The molecule has 0 amide bonds. The lowest BCUT2D eigenvalue weighted by Gasteiger charge is -1.99. The fraction of sp³-hybridized carbons (Fsp3) is 1.00. The molecule has 0 aliphatic heterocycles. The molecule has 0 saturated carbocycles. The molecule has 0 fully saturated rings. The van der Waals surface area contributed by atoms with E-state index in [-0.39, 0.29) is 6.90 Å². The van der Waals surface area contributed by atoms with Crippen LogP contribution in [0.25, 0.3) is 0 Å². The molecular weight excluding hydrogens is 144 g/mol. The van der Waals surface area contributed by atoms with Crippen molar-refractivity contribution in [1.29, 1.82) is 0 Å². The molecule has 3 atom stereocenters. The Labute approximate surface area is 84.4 Å². The van der Waals surface area contributed by atoms with E-state index in [1.54, 1.807) is 0 Å². The Hall–Kier alpha value is 0. The van der Waals surface area contributed by atoms with Crippen molar-refractivity contribution in [1.82, 2.24) is 0 Å². The van der Waals surface area contributed by atoms with Crippen LogP contribution >= 0.6 is 0 Å². The summed E-state index contributed by atoms with van der Waals surface area (Å²) < 4.78 is 29.8. The van der Waals surface area contributed by atoms with Gasteiger partial charge >= 0.3 is 0 Å². The summed E-state index contributed by atoms with van der Waals surface area (Å²) in [5.41, 5.74) is 0. The average Bonchev–Trinajstić information content (AvgIpc) is 2.31. The van der Waals surface area contributed by atoms with Crippen LogP contribution in [-0.4, -0.2) is 0 Å². The first-order chi connectivity index (χ1) is 7.63. The maximum Gasteiger partial charge on any atom is 0.0267 e. The van der Waals surface area contributed by atoms with Crippen LogP contribution in [0.3, 0.4) is 0 Å². The molecule has 0 aromatic rings. The maximum atomic E-state index is 7.74. The monoisotopic (exact) mass is 174 g/mol. The summed E-state index contributed by atoms with van der Waals surface area (Å²) in [6, 6.07) is 0. The summed E-state index contributed by atoms with van der Waals surface area (Å²) in [5.74, 6) is 0. The molecule has 0 aliphatic rings. The molecule has 0 radical (unpaired) electrons.